The molecule has 6 nitrogen and oxygen atoms in total. The van der Waals surface area contributed by atoms with Crippen molar-refractivity contribution in [1.29, 1.82) is 0 Å². The fourth-order valence-corrected chi connectivity index (χ4v) is 5.12. The topological polar surface area (TPSA) is 64.4 Å². The summed E-state index contributed by atoms with van der Waals surface area (Å²) in [6, 6.07) is 4.68. The minimum absolute atomic E-state index is 0.00350. The molecule has 3 rings (SSSR count). The van der Waals surface area contributed by atoms with E-state index in [1.54, 1.807) is 6.07 Å². The molecule has 1 unspecified atom stereocenters. The molecular formula is C16H18F3N3O3S. The second-order valence-corrected chi connectivity index (χ2v) is 7.80. The van der Waals surface area contributed by atoms with Crippen molar-refractivity contribution in [2.75, 3.05) is 19.8 Å². The van der Waals surface area contributed by atoms with Gasteiger partial charge in [0.25, 0.3) is 16.4 Å². The summed E-state index contributed by atoms with van der Waals surface area (Å²) in [7, 11) is -3.00. The minimum Gasteiger partial charge on any atom is -0.378 e. The van der Waals surface area contributed by atoms with Gasteiger partial charge in [0, 0.05) is 13.6 Å². The Labute approximate surface area is 149 Å². The van der Waals surface area contributed by atoms with Crippen molar-refractivity contribution < 1.29 is 26.3 Å². The van der Waals surface area contributed by atoms with Crippen LogP contribution in [-0.2, 0) is 21.8 Å². The van der Waals surface area contributed by atoms with Gasteiger partial charge in [-0.1, -0.05) is 12.1 Å². The largest absolute Gasteiger partial charge is 0.378 e. The third-order valence-electron chi connectivity index (χ3n) is 4.30. The van der Waals surface area contributed by atoms with Crippen LogP contribution in [0.1, 0.15) is 29.3 Å². The predicted octanol–water partition coefficient (Wildman–Crippen LogP) is 2.57. The number of nitrogens with zero attached hydrogens (tertiary/aromatic N) is 3. The predicted molar refractivity (Wildman–Crippen MR) is 86.8 cm³/mol. The Bertz CT molecular complexity index is 915. The van der Waals surface area contributed by atoms with Crippen LogP contribution < -0.4 is 0 Å². The molecule has 1 saturated heterocycles. The van der Waals surface area contributed by atoms with E-state index in [0.29, 0.717) is 5.56 Å². The standard InChI is InChI=1S/C16H18F3N3O3S/c1-10-14(15(18)19)16(21(2)20-10)26(23,24)22-6-7-25-9-13(22)11-4-3-5-12(17)8-11/h3-5,8,13,15H,6-7,9H2,1-2H3. The molecule has 26 heavy (non-hydrogen) atoms. The Hall–Kier alpha value is -1.91. The first-order valence-electron chi connectivity index (χ1n) is 7.90. The van der Waals surface area contributed by atoms with E-state index in [0.717, 1.165) is 8.99 Å². The summed E-state index contributed by atoms with van der Waals surface area (Å²) >= 11 is 0. The van der Waals surface area contributed by atoms with Crippen LogP contribution in [0.5, 0.6) is 0 Å². The highest BCUT2D eigenvalue weighted by atomic mass is 32.2. The number of sulfonamides is 1. The van der Waals surface area contributed by atoms with Crippen LogP contribution >= 0.6 is 0 Å². The van der Waals surface area contributed by atoms with Gasteiger partial charge >= 0.3 is 0 Å². The molecule has 0 amide bonds. The van der Waals surface area contributed by atoms with Gasteiger partial charge in [-0.3, -0.25) is 4.68 Å². The average molecular weight is 389 g/mol. The third kappa shape index (κ3) is 3.24. The van der Waals surface area contributed by atoms with Crippen molar-refractivity contribution in [2.24, 2.45) is 7.05 Å². The van der Waals surface area contributed by atoms with E-state index in [2.05, 4.69) is 5.10 Å². The fraction of sp³-hybridized carbons (Fsp3) is 0.438. The van der Waals surface area contributed by atoms with Crippen LogP contribution in [0, 0.1) is 12.7 Å². The summed E-state index contributed by atoms with van der Waals surface area (Å²) in [4.78, 5) is 0. The van der Waals surface area contributed by atoms with Gasteiger partial charge in [-0.2, -0.15) is 9.40 Å². The van der Waals surface area contributed by atoms with E-state index in [-0.39, 0.29) is 25.5 Å². The van der Waals surface area contributed by atoms with Crippen molar-refractivity contribution >= 4 is 10.0 Å². The van der Waals surface area contributed by atoms with Crippen LogP contribution in [0.2, 0.25) is 0 Å². The van der Waals surface area contributed by atoms with Crippen LogP contribution in [0.4, 0.5) is 13.2 Å². The van der Waals surface area contributed by atoms with Crippen LogP contribution in [-0.4, -0.2) is 42.3 Å². The molecule has 1 aliphatic heterocycles. The summed E-state index contributed by atoms with van der Waals surface area (Å²) in [6.07, 6.45) is -2.98. The van der Waals surface area contributed by atoms with Gasteiger partial charge in [0.15, 0.2) is 5.03 Å². The molecule has 1 fully saturated rings. The van der Waals surface area contributed by atoms with Gasteiger partial charge in [-0.25, -0.2) is 21.6 Å². The number of alkyl halides is 2. The molecule has 0 N–H and O–H groups in total. The molecule has 0 spiro atoms. The number of aryl methyl sites for hydroxylation is 2. The Kier molecular flexibility index (Phi) is 5.09. The highest BCUT2D eigenvalue weighted by Crippen LogP contribution is 2.35. The second kappa shape index (κ2) is 7.01. The Balaban J connectivity index is 2.11. The lowest BCUT2D eigenvalue weighted by atomic mass is 10.1. The first kappa shape index (κ1) is 18.9. The fourth-order valence-electron chi connectivity index (χ4n) is 3.17. The van der Waals surface area contributed by atoms with Crippen LogP contribution in [0.15, 0.2) is 29.3 Å². The maximum atomic E-state index is 13.6. The smallest absolute Gasteiger partial charge is 0.268 e. The molecule has 1 aliphatic rings. The number of aromatic nitrogens is 2. The Morgan fingerprint density at radius 1 is 1.35 bits per heavy atom. The molecule has 0 saturated carbocycles. The number of rotatable bonds is 4. The number of hydrogen-bond acceptors (Lipinski definition) is 4. The molecule has 1 atom stereocenters. The highest BCUT2D eigenvalue weighted by molar-refractivity contribution is 7.89. The molecular weight excluding hydrogens is 371 g/mol. The quantitative estimate of drug-likeness (QED) is 0.806. The maximum absolute atomic E-state index is 13.6. The van der Waals surface area contributed by atoms with Gasteiger partial charge in [0.05, 0.1) is 30.5 Å². The zero-order valence-corrected chi connectivity index (χ0v) is 15.0. The van der Waals surface area contributed by atoms with Crippen molar-refractivity contribution in [1.82, 2.24) is 14.1 Å². The third-order valence-corrected chi connectivity index (χ3v) is 6.33. The van der Waals surface area contributed by atoms with E-state index in [1.807, 2.05) is 0 Å². The number of morpholine rings is 1. The molecule has 142 valence electrons. The van der Waals surface area contributed by atoms with Crippen LogP contribution in [0.25, 0.3) is 0 Å². The lowest BCUT2D eigenvalue weighted by Crippen LogP contribution is -2.44. The van der Waals surface area contributed by atoms with Gasteiger partial charge in [-0.15, -0.1) is 0 Å². The van der Waals surface area contributed by atoms with Gasteiger partial charge < -0.3 is 4.74 Å². The molecule has 0 aliphatic carbocycles. The molecule has 1 aromatic heterocycles. The van der Waals surface area contributed by atoms with E-state index in [1.165, 1.54) is 32.2 Å². The molecule has 2 aromatic rings. The van der Waals surface area contributed by atoms with E-state index in [9.17, 15) is 21.6 Å². The van der Waals surface area contributed by atoms with Crippen molar-refractivity contribution in [3.63, 3.8) is 0 Å². The highest BCUT2D eigenvalue weighted by Gasteiger charge is 2.40. The average Bonchev–Trinajstić information content (AvgIpc) is 2.90. The van der Waals surface area contributed by atoms with E-state index < -0.39 is 38.9 Å². The van der Waals surface area contributed by atoms with E-state index in [4.69, 9.17) is 4.74 Å². The van der Waals surface area contributed by atoms with Crippen molar-refractivity contribution in [3.05, 3.63) is 46.9 Å². The molecule has 2 heterocycles. The lowest BCUT2D eigenvalue weighted by molar-refractivity contribution is 0.0316. The van der Waals surface area contributed by atoms with E-state index >= 15 is 0 Å². The van der Waals surface area contributed by atoms with Gasteiger partial charge in [0.1, 0.15) is 5.82 Å². The Morgan fingerprint density at radius 3 is 2.73 bits per heavy atom. The SMILES string of the molecule is Cc1nn(C)c(S(=O)(=O)N2CCOCC2c2cccc(F)c2)c1C(F)F. The van der Waals surface area contributed by atoms with Gasteiger partial charge in [-0.05, 0) is 24.6 Å². The molecule has 10 heteroatoms. The zero-order chi connectivity index (χ0) is 19.1. The number of halogens is 3. The summed E-state index contributed by atoms with van der Waals surface area (Å²) < 4.78 is 74.3. The number of hydrogen-bond donors (Lipinski definition) is 0. The zero-order valence-electron chi connectivity index (χ0n) is 14.2. The monoisotopic (exact) mass is 389 g/mol. The minimum atomic E-state index is -4.31. The maximum Gasteiger partial charge on any atom is 0.268 e. The van der Waals surface area contributed by atoms with Crippen molar-refractivity contribution in [3.8, 4) is 0 Å². The first-order chi connectivity index (χ1) is 12.2. The first-order valence-corrected chi connectivity index (χ1v) is 9.34. The molecule has 0 bridgehead atoms. The number of benzene rings is 1. The summed E-state index contributed by atoms with van der Waals surface area (Å²) in [5.74, 6) is -0.518. The normalized spacial score (nSPS) is 19.2. The molecule has 0 radical (unpaired) electrons. The van der Waals surface area contributed by atoms with Crippen LogP contribution in [0.3, 0.4) is 0 Å². The lowest BCUT2D eigenvalue weighted by Gasteiger charge is -2.35. The number of ether oxygens (including phenoxy) is 1. The van der Waals surface area contributed by atoms with Gasteiger partial charge in [0.2, 0.25) is 0 Å². The molecule has 1 aromatic carbocycles. The summed E-state index contributed by atoms with van der Waals surface area (Å²) in [6.45, 7) is 1.43. The summed E-state index contributed by atoms with van der Waals surface area (Å²) in [5, 5.41) is 3.30. The Morgan fingerprint density at radius 2 is 2.08 bits per heavy atom. The van der Waals surface area contributed by atoms with Crippen molar-refractivity contribution in [2.45, 2.75) is 24.4 Å². The second-order valence-electron chi connectivity index (χ2n) is 5.99. The summed E-state index contributed by atoms with van der Waals surface area (Å²) in [5.41, 5.74) is -0.264.